The molecule has 0 heterocycles. The molecule has 0 bridgehead atoms. The van der Waals surface area contributed by atoms with Crippen LogP contribution in [-0.4, -0.2) is 0 Å². The second-order valence-corrected chi connectivity index (χ2v) is 4.96. The van der Waals surface area contributed by atoms with Gasteiger partial charge < -0.3 is 0 Å². The second kappa shape index (κ2) is 6.45. The van der Waals surface area contributed by atoms with Crippen LogP contribution in [0, 0.1) is 5.92 Å². The summed E-state index contributed by atoms with van der Waals surface area (Å²) in [5.74, 6) is 6.19. The quantitative estimate of drug-likeness (QED) is 0.622. The zero-order valence-corrected chi connectivity index (χ0v) is 11.1. The van der Waals surface area contributed by atoms with Crippen molar-refractivity contribution in [3.05, 3.63) is 33.8 Å². The number of hydrogen-bond donors (Lipinski definition) is 2. The highest BCUT2D eigenvalue weighted by Crippen LogP contribution is 2.28. The summed E-state index contributed by atoms with van der Waals surface area (Å²) in [4.78, 5) is 0. The van der Waals surface area contributed by atoms with Crippen molar-refractivity contribution in [3.8, 4) is 0 Å². The summed E-state index contributed by atoms with van der Waals surface area (Å²) in [6.45, 7) is 4.38. The Kier molecular flexibility index (Phi) is 5.56. The molecule has 0 aliphatic heterocycles. The Hall–Kier alpha value is -0.280. The Morgan fingerprint density at radius 1 is 1.31 bits per heavy atom. The van der Waals surface area contributed by atoms with Crippen LogP contribution in [0.1, 0.15) is 38.3 Å². The number of rotatable bonds is 5. The number of nitrogens with two attached hydrogens (primary N) is 1. The van der Waals surface area contributed by atoms with E-state index in [4.69, 9.17) is 29.0 Å². The van der Waals surface area contributed by atoms with Crippen LogP contribution in [0.2, 0.25) is 10.0 Å². The van der Waals surface area contributed by atoms with Crippen LogP contribution < -0.4 is 11.3 Å². The van der Waals surface area contributed by atoms with Crippen LogP contribution in [0.25, 0.3) is 0 Å². The van der Waals surface area contributed by atoms with E-state index in [2.05, 4.69) is 19.3 Å². The van der Waals surface area contributed by atoms with Crippen LogP contribution in [0.5, 0.6) is 0 Å². The Morgan fingerprint density at radius 2 is 2.00 bits per heavy atom. The lowest BCUT2D eigenvalue weighted by molar-refractivity contribution is 0.408. The van der Waals surface area contributed by atoms with Crippen molar-refractivity contribution in [2.75, 3.05) is 0 Å². The van der Waals surface area contributed by atoms with Gasteiger partial charge in [0.2, 0.25) is 0 Å². The maximum Gasteiger partial charge on any atom is 0.0595 e. The van der Waals surface area contributed by atoms with Crippen LogP contribution in [0.15, 0.2) is 18.2 Å². The topological polar surface area (TPSA) is 38.0 Å². The fourth-order valence-corrected chi connectivity index (χ4v) is 1.91. The van der Waals surface area contributed by atoms with Crippen molar-refractivity contribution < 1.29 is 0 Å². The zero-order valence-electron chi connectivity index (χ0n) is 9.63. The van der Waals surface area contributed by atoms with Gasteiger partial charge >= 0.3 is 0 Å². The zero-order chi connectivity index (χ0) is 12.1. The Morgan fingerprint density at radius 3 is 2.50 bits per heavy atom. The first kappa shape index (κ1) is 13.8. The number of nitrogens with one attached hydrogen (secondary N) is 1. The summed E-state index contributed by atoms with van der Waals surface area (Å²) in [6, 6.07) is 5.77. The standard InChI is InChI=1S/C12H18Cl2N2/c1-3-8(2)6-12(16-15)9-4-5-10(13)11(14)7-9/h4-5,7-8,12,16H,3,6,15H2,1-2H3. The summed E-state index contributed by atoms with van der Waals surface area (Å²) < 4.78 is 0. The molecule has 2 nitrogen and oxygen atoms in total. The lowest BCUT2D eigenvalue weighted by atomic mass is 9.95. The maximum absolute atomic E-state index is 5.98. The molecule has 0 saturated carbocycles. The van der Waals surface area contributed by atoms with Crippen molar-refractivity contribution >= 4 is 23.2 Å². The molecular formula is C12H18Cl2N2. The van der Waals surface area contributed by atoms with Gasteiger partial charge in [-0.1, -0.05) is 49.5 Å². The normalized spacial score (nSPS) is 14.8. The third-order valence-corrected chi connectivity index (χ3v) is 3.62. The van der Waals surface area contributed by atoms with Gasteiger partial charge in [0.15, 0.2) is 0 Å². The molecule has 0 aliphatic carbocycles. The highest BCUT2D eigenvalue weighted by atomic mass is 35.5. The van der Waals surface area contributed by atoms with E-state index in [9.17, 15) is 0 Å². The number of benzene rings is 1. The maximum atomic E-state index is 5.98. The lowest BCUT2D eigenvalue weighted by Gasteiger charge is -2.20. The Balaban J connectivity index is 2.82. The van der Waals surface area contributed by atoms with Crippen LogP contribution in [-0.2, 0) is 0 Å². The van der Waals surface area contributed by atoms with Crippen LogP contribution in [0.3, 0.4) is 0 Å². The molecule has 0 radical (unpaired) electrons. The van der Waals surface area contributed by atoms with Crippen molar-refractivity contribution in [3.63, 3.8) is 0 Å². The van der Waals surface area contributed by atoms with E-state index in [1.165, 1.54) is 0 Å². The fraction of sp³-hybridized carbons (Fsp3) is 0.500. The molecule has 0 amide bonds. The average molecular weight is 261 g/mol. The van der Waals surface area contributed by atoms with Gasteiger partial charge in [-0.05, 0) is 30.0 Å². The average Bonchev–Trinajstić information content (AvgIpc) is 2.29. The second-order valence-electron chi connectivity index (χ2n) is 4.14. The van der Waals surface area contributed by atoms with Gasteiger partial charge in [0.25, 0.3) is 0 Å². The minimum absolute atomic E-state index is 0.129. The first-order chi connectivity index (χ1) is 7.58. The van der Waals surface area contributed by atoms with E-state index in [1.54, 1.807) is 6.07 Å². The van der Waals surface area contributed by atoms with E-state index in [1.807, 2.05) is 12.1 Å². The monoisotopic (exact) mass is 260 g/mol. The highest BCUT2D eigenvalue weighted by molar-refractivity contribution is 6.42. The molecule has 1 rings (SSSR count). The van der Waals surface area contributed by atoms with Gasteiger partial charge in [-0.3, -0.25) is 11.3 Å². The minimum atomic E-state index is 0.129. The molecule has 0 aromatic heterocycles. The SMILES string of the molecule is CCC(C)CC(NN)c1ccc(Cl)c(Cl)c1. The number of hydrazine groups is 1. The molecule has 3 N–H and O–H groups in total. The highest BCUT2D eigenvalue weighted by Gasteiger charge is 2.14. The minimum Gasteiger partial charge on any atom is -0.271 e. The number of halogens is 2. The van der Waals surface area contributed by atoms with Gasteiger partial charge in [-0.15, -0.1) is 0 Å². The molecule has 16 heavy (non-hydrogen) atoms. The van der Waals surface area contributed by atoms with Gasteiger partial charge in [0.05, 0.1) is 10.0 Å². The molecule has 1 aromatic carbocycles. The smallest absolute Gasteiger partial charge is 0.0595 e. The van der Waals surface area contributed by atoms with Crippen molar-refractivity contribution in [1.82, 2.24) is 5.43 Å². The summed E-state index contributed by atoms with van der Waals surface area (Å²) in [6.07, 6.45) is 2.13. The van der Waals surface area contributed by atoms with Gasteiger partial charge in [0, 0.05) is 6.04 Å². The van der Waals surface area contributed by atoms with Gasteiger partial charge in [0.1, 0.15) is 0 Å². The van der Waals surface area contributed by atoms with E-state index in [0.717, 1.165) is 18.4 Å². The van der Waals surface area contributed by atoms with Crippen molar-refractivity contribution in [2.45, 2.75) is 32.7 Å². The predicted octanol–water partition coefficient (Wildman–Crippen LogP) is 3.93. The van der Waals surface area contributed by atoms with Crippen molar-refractivity contribution in [1.29, 1.82) is 0 Å². The van der Waals surface area contributed by atoms with Gasteiger partial charge in [-0.25, -0.2) is 0 Å². The molecule has 0 fully saturated rings. The molecule has 2 atom stereocenters. The summed E-state index contributed by atoms with van der Waals surface area (Å²) in [5.41, 5.74) is 3.91. The van der Waals surface area contributed by atoms with Gasteiger partial charge in [-0.2, -0.15) is 0 Å². The van der Waals surface area contributed by atoms with E-state index in [-0.39, 0.29) is 6.04 Å². The molecular weight excluding hydrogens is 243 g/mol. The number of hydrogen-bond acceptors (Lipinski definition) is 2. The Labute approximate surface area is 107 Å². The fourth-order valence-electron chi connectivity index (χ4n) is 1.60. The van der Waals surface area contributed by atoms with E-state index < -0.39 is 0 Å². The molecule has 2 unspecified atom stereocenters. The summed E-state index contributed by atoms with van der Waals surface area (Å²) in [7, 11) is 0. The first-order valence-corrected chi connectivity index (χ1v) is 6.25. The molecule has 4 heteroatoms. The van der Waals surface area contributed by atoms with Crippen molar-refractivity contribution in [2.24, 2.45) is 11.8 Å². The van der Waals surface area contributed by atoms with E-state index >= 15 is 0 Å². The molecule has 90 valence electrons. The lowest BCUT2D eigenvalue weighted by Crippen LogP contribution is -2.29. The largest absolute Gasteiger partial charge is 0.271 e. The summed E-state index contributed by atoms with van der Waals surface area (Å²) in [5, 5.41) is 1.15. The van der Waals surface area contributed by atoms with E-state index in [0.29, 0.717) is 16.0 Å². The predicted molar refractivity (Wildman–Crippen MR) is 70.6 cm³/mol. The molecule has 0 saturated heterocycles. The Bertz CT molecular complexity index is 342. The third kappa shape index (κ3) is 3.63. The first-order valence-electron chi connectivity index (χ1n) is 5.49. The van der Waals surface area contributed by atoms with Crippen LogP contribution in [0.4, 0.5) is 0 Å². The van der Waals surface area contributed by atoms with Crippen LogP contribution >= 0.6 is 23.2 Å². The molecule has 1 aromatic rings. The third-order valence-electron chi connectivity index (χ3n) is 2.88. The molecule has 0 aliphatic rings. The summed E-state index contributed by atoms with van der Waals surface area (Å²) >= 11 is 11.9. The molecule has 0 spiro atoms.